The highest BCUT2D eigenvalue weighted by atomic mass is 32.2. The molecular formula is C19H25NO2S. The number of rotatable bonds is 6. The Kier molecular flexibility index (Phi) is 5.47. The van der Waals surface area contributed by atoms with Crippen molar-refractivity contribution in [3.05, 3.63) is 59.7 Å². The first-order valence-corrected chi connectivity index (χ1v) is 9.53. The van der Waals surface area contributed by atoms with Gasteiger partial charge in [-0.2, -0.15) is 0 Å². The average Bonchev–Trinajstić information content (AvgIpc) is 2.54. The highest BCUT2D eigenvalue weighted by Crippen LogP contribution is 2.26. The molecule has 1 atom stereocenters. The molecule has 0 aliphatic carbocycles. The van der Waals surface area contributed by atoms with Crippen molar-refractivity contribution >= 4 is 15.7 Å². The Labute approximate surface area is 140 Å². The van der Waals surface area contributed by atoms with Crippen LogP contribution in [0.4, 0.5) is 5.69 Å². The molecule has 0 unspecified atom stereocenters. The zero-order valence-corrected chi connectivity index (χ0v) is 15.1. The molecule has 0 saturated heterocycles. The fourth-order valence-corrected chi connectivity index (χ4v) is 4.07. The van der Waals surface area contributed by atoms with Gasteiger partial charge in [0.05, 0.1) is 10.6 Å². The molecule has 4 heteroatoms. The molecule has 2 aromatic rings. The van der Waals surface area contributed by atoms with E-state index in [0.29, 0.717) is 23.0 Å². The third-order valence-electron chi connectivity index (χ3n) is 4.23. The minimum absolute atomic E-state index is 0.341. The zero-order valence-electron chi connectivity index (χ0n) is 14.3. The Bertz CT molecular complexity index is 751. The van der Waals surface area contributed by atoms with E-state index in [1.807, 2.05) is 50.2 Å². The first kappa shape index (κ1) is 17.5. The van der Waals surface area contributed by atoms with Gasteiger partial charge in [-0.05, 0) is 61.6 Å². The molecule has 0 bridgehead atoms. The summed E-state index contributed by atoms with van der Waals surface area (Å²) in [5, 5.41) is 0. The lowest BCUT2D eigenvalue weighted by Crippen LogP contribution is -2.30. The monoisotopic (exact) mass is 331 g/mol. The Balaban J connectivity index is 2.39. The topological polar surface area (TPSA) is 37.4 Å². The predicted octanol–water partition coefficient (Wildman–Crippen LogP) is 4.72. The van der Waals surface area contributed by atoms with E-state index in [4.69, 9.17) is 0 Å². The standard InChI is InChI=1S/C19H25NO2S/c1-5-16(4)17-10-12-19(13-11-17)23(21,22)20(6-2)18-9-7-8-15(3)14-18/h7-14,16H,5-6H2,1-4H3/t16-/m1/s1. The van der Waals surface area contributed by atoms with Crippen LogP contribution in [0, 0.1) is 6.92 Å². The first-order valence-electron chi connectivity index (χ1n) is 8.09. The number of benzene rings is 2. The maximum atomic E-state index is 13.0. The Hall–Kier alpha value is -1.81. The number of sulfonamides is 1. The normalized spacial score (nSPS) is 12.9. The molecular weight excluding hydrogens is 306 g/mol. The fraction of sp³-hybridized carbons (Fsp3) is 0.368. The number of anilines is 1. The van der Waals surface area contributed by atoms with Gasteiger partial charge in [-0.1, -0.05) is 38.1 Å². The van der Waals surface area contributed by atoms with E-state index in [0.717, 1.165) is 12.0 Å². The van der Waals surface area contributed by atoms with Gasteiger partial charge in [-0.15, -0.1) is 0 Å². The highest BCUT2D eigenvalue weighted by molar-refractivity contribution is 7.92. The van der Waals surface area contributed by atoms with E-state index >= 15 is 0 Å². The van der Waals surface area contributed by atoms with E-state index < -0.39 is 10.0 Å². The molecule has 0 aliphatic heterocycles. The summed E-state index contributed by atoms with van der Waals surface area (Å²) in [6, 6.07) is 14.9. The summed E-state index contributed by atoms with van der Waals surface area (Å²) in [5.41, 5.74) is 2.92. The lowest BCUT2D eigenvalue weighted by Gasteiger charge is -2.23. The van der Waals surface area contributed by atoms with Gasteiger partial charge in [0.1, 0.15) is 0 Å². The fourth-order valence-electron chi connectivity index (χ4n) is 2.61. The summed E-state index contributed by atoms with van der Waals surface area (Å²) in [6.45, 7) is 8.50. The van der Waals surface area contributed by atoms with Crippen LogP contribution in [0.3, 0.4) is 0 Å². The van der Waals surface area contributed by atoms with Crippen LogP contribution in [0.25, 0.3) is 0 Å². The number of hydrogen-bond acceptors (Lipinski definition) is 2. The first-order chi connectivity index (χ1) is 10.9. The third-order valence-corrected chi connectivity index (χ3v) is 6.14. The van der Waals surface area contributed by atoms with Gasteiger partial charge in [0.15, 0.2) is 0 Å². The molecule has 2 rings (SSSR count). The van der Waals surface area contributed by atoms with E-state index in [9.17, 15) is 8.42 Å². The number of hydrogen-bond donors (Lipinski definition) is 0. The Morgan fingerprint density at radius 3 is 2.22 bits per heavy atom. The van der Waals surface area contributed by atoms with Crippen molar-refractivity contribution in [3.8, 4) is 0 Å². The SMILES string of the molecule is CC[C@@H](C)c1ccc(S(=O)(=O)N(CC)c2cccc(C)c2)cc1. The molecule has 0 spiro atoms. The van der Waals surface area contributed by atoms with Crippen molar-refractivity contribution in [2.45, 2.75) is 44.9 Å². The van der Waals surface area contributed by atoms with Crippen molar-refractivity contribution in [2.24, 2.45) is 0 Å². The van der Waals surface area contributed by atoms with Crippen molar-refractivity contribution in [2.75, 3.05) is 10.8 Å². The van der Waals surface area contributed by atoms with Crippen LogP contribution in [-0.2, 0) is 10.0 Å². The van der Waals surface area contributed by atoms with E-state index in [2.05, 4.69) is 13.8 Å². The maximum absolute atomic E-state index is 13.0. The summed E-state index contributed by atoms with van der Waals surface area (Å²) in [7, 11) is -3.54. The molecule has 2 aromatic carbocycles. The van der Waals surface area contributed by atoms with Gasteiger partial charge < -0.3 is 0 Å². The van der Waals surface area contributed by atoms with Crippen molar-refractivity contribution in [3.63, 3.8) is 0 Å². The molecule has 23 heavy (non-hydrogen) atoms. The zero-order chi connectivity index (χ0) is 17.0. The molecule has 124 valence electrons. The second kappa shape index (κ2) is 7.18. The quantitative estimate of drug-likeness (QED) is 0.768. The van der Waals surface area contributed by atoms with Gasteiger partial charge in [-0.3, -0.25) is 4.31 Å². The van der Waals surface area contributed by atoms with Crippen LogP contribution in [0.1, 0.15) is 44.2 Å². The van der Waals surface area contributed by atoms with Crippen molar-refractivity contribution < 1.29 is 8.42 Å². The minimum atomic E-state index is -3.54. The molecule has 0 heterocycles. The Morgan fingerprint density at radius 2 is 1.70 bits per heavy atom. The van der Waals surface area contributed by atoms with Gasteiger partial charge >= 0.3 is 0 Å². The molecule has 0 amide bonds. The molecule has 0 aliphatic rings. The van der Waals surface area contributed by atoms with E-state index in [-0.39, 0.29) is 0 Å². The predicted molar refractivity (Wildman–Crippen MR) is 96.5 cm³/mol. The summed E-state index contributed by atoms with van der Waals surface area (Å²) in [6.07, 6.45) is 1.04. The average molecular weight is 331 g/mol. The van der Waals surface area contributed by atoms with Crippen molar-refractivity contribution in [1.82, 2.24) is 0 Å². The largest absolute Gasteiger partial charge is 0.267 e. The van der Waals surface area contributed by atoms with Crippen LogP contribution in [0.2, 0.25) is 0 Å². The summed E-state index contributed by atoms with van der Waals surface area (Å²) in [5.74, 6) is 0.436. The van der Waals surface area contributed by atoms with Crippen molar-refractivity contribution in [1.29, 1.82) is 0 Å². The van der Waals surface area contributed by atoms with Crippen LogP contribution in [0.15, 0.2) is 53.4 Å². The molecule has 0 radical (unpaired) electrons. The van der Waals surface area contributed by atoms with E-state index in [1.165, 1.54) is 9.87 Å². The highest BCUT2D eigenvalue weighted by Gasteiger charge is 2.23. The molecule has 0 saturated carbocycles. The van der Waals surface area contributed by atoms with Gasteiger partial charge in [0, 0.05) is 6.54 Å². The molecule has 0 N–H and O–H groups in total. The molecule has 3 nitrogen and oxygen atoms in total. The van der Waals surface area contributed by atoms with Crippen LogP contribution < -0.4 is 4.31 Å². The minimum Gasteiger partial charge on any atom is -0.267 e. The third kappa shape index (κ3) is 3.75. The summed E-state index contributed by atoms with van der Waals surface area (Å²) in [4.78, 5) is 0.341. The van der Waals surface area contributed by atoms with Gasteiger partial charge in [0.2, 0.25) is 0 Å². The van der Waals surface area contributed by atoms with Crippen LogP contribution >= 0.6 is 0 Å². The molecule has 0 aromatic heterocycles. The molecule has 0 fully saturated rings. The van der Waals surface area contributed by atoms with Gasteiger partial charge in [0.25, 0.3) is 10.0 Å². The second-order valence-electron chi connectivity index (χ2n) is 5.89. The second-order valence-corrected chi connectivity index (χ2v) is 7.75. The van der Waals surface area contributed by atoms with E-state index in [1.54, 1.807) is 12.1 Å². The van der Waals surface area contributed by atoms with Gasteiger partial charge in [-0.25, -0.2) is 8.42 Å². The maximum Gasteiger partial charge on any atom is 0.264 e. The summed E-state index contributed by atoms with van der Waals surface area (Å²) < 4.78 is 27.4. The smallest absolute Gasteiger partial charge is 0.264 e. The van der Waals surface area contributed by atoms with Crippen LogP contribution in [-0.4, -0.2) is 15.0 Å². The summed E-state index contributed by atoms with van der Waals surface area (Å²) >= 11 is 0. The lowest BCUT2D eigenvalue weighted by molar-refractivity contribution is 0.591. The Morgan fingerprint density at radius 1 is 1.04 bits per heavy atom. The number of nitrogens with zero attached hydrogens (tertiary/aromatic N) is 1. The lowest BCUT2D eigenvalue weighted by atomic mass is 9.99. The number of aryl methyl sites for hydroxylation is 1. The van der Waals surface area contributed by atoms with Crippen LogP contribution in [0.5, 0.6) is 0 Å².